The van der Waals surface area contributed by atoms with Gasteiger partial charge in [-0.3, -0.25) is 4.79 Å². The van der Waals surface area contributed by atoms with Gasteiger partial charge < -0.3 is 118 Å². The number of hydrogen-bond donors (Lipinski definition) is 13. The van der Waals surface area contributed by atoms with E-state index in [0.717, 1.165) is 18.2 Å². The first-order chi connectivity index (χ1) is 35.1. The summed E-state index contributed by atoms with van der Waals surface area (Å²) in [6.45, 7) is 1.36. The highest BCUT2D eigenvalue weighted by molar-refractivity contribution is 5.88. The van der Waals surface area contributed by atoms with Gasteiger partial charge in [-0.05, 0) is 61.9 Å². The third kappa shape index (κ3) is 11.3. The minimum atomic E-state index is -2.15. The Hall–Kier alpha value is -5.76. The Morgan fingerprint density at radius 1 is 0.662 bits per heavy atom. The van der Waals surface area contributed by atoms with Crippen LogP contribution in [0.5, 0.6) is 34.5 Å². The second-order valence-electron chi connectivity index (χ2n) is 17.9. The molecule has 8 rings (SSSR count). The number of phenolic OH excluding ortho intramolecular Hbond substituents is 4. The number of fused-ring (bicyclic) bond motifs is 1. The molecule has 4 aliphatic heterocycles. The Kier molecular flexibility index (Phi) is 16.6. The molecule has 0 amide bonds. The molecule has 4 fully saturated rings. The van der Waals surface area contributed by atoms with Crippen LogP contribution in [0.1, 0.15) is 19.4 Å². The number of methoxy groups -OCH3 is 1. The number of aromatic hydroxyl groups is 4. The lowest BCUT2D eigenvalue weighted by Gasteiger charge is -2.47. The largest absolute Gasteiger partial charge is 0.508 e. The van der Waals surface area contributed by atoms with Gasteiger partial charge in [0.1, 0.15) is 95.4 Å². The Morgan fingerprint density at radius 2 is 1.34 bits per heavy atom. The van der Waals surface area contributed by atoms with Gasteiger partial charge in [-0.15, -0.1) is 0 Å². The standard InChI is InChI=1S/C48H56O26/c1-17-31(55)36(60)38(62)47(68-17)74-44-42(71-29(54)11-5-19-4-10-23(51)26(12-19)64-3)34(58)28(16-66-46-39(63)41(32(56)18(2)67-46)72-45-37(61)33(57)25(53)15-65-45)70-48(44)73-43-35(59)30-24(52)13-22(50)14-27(30)69-40(43)20-6-8-21(49)9-7-20/h4-14,17-18,25,28,31-34,36-39,41-42,44-53,55-58,60-63H,15-16H2,1-3H3/b11-5+/t17-,18-,25+,28+,31-,32-,33-,34-,36+,37+,38+,39+,41+,42-,44+,45-,46+,47-,48-/m0/s1. The molecule has 0 radical (unpaired) electrons. The first kappa shape index (κ1) is 54.5. The molecule has 26 heteroatoms. The molecule has 0 aliphatic carbocycles. The molecule has 0 spiro atoms. The molecule has 4 aromatic rings. The van der Waals surface area contributed by atoms with E-state index < -0.39 is 170 Å². The summed E-state index contributed by atoms with van der Waals surface area (Å²) in [7, 11) is 1.30. The number of aliphatic hydroxyl groups excluding tert-OH is 9. The Balaban J connectivity index is 1.19. The zero-order valence-electron chi connectivity index (χ0n) is 39.4. The van der Waals surface area contributed by atoms with Crippen molar-refractivity contribution in [3.63, 3.8) is 0 Å². The zero-order valence-corrected chi connectivity index (χ0v) is 39.4. The van der Waals surface area contributed by atoms with E-state index in [2.05, 4.69) is 0 Å². The molecule has 5 heterocycles. The first-order valence-corrected chi connectivity index (χ1v) is 23.0. The summed E-state index contributed by atoms with van der Waals surface area (Å²) in [6, 6.07) is 11.0. The second-order valence-corrected chi connectivity index (χ2v) is 17.9. The Morgan fingerprint density at radius 3 is 2.05 bits per heavy atom. The van der Waals surface area contributed by atoms with Crippen LogP contribution < -0.4 is 14.9 Å². The summed E-state index contributed by atoms with van der Waals surface area (Å²) in [6.07, 6.45) is -31.6. The summed E-state index contributed by atoms with van der Waals surface area (Å²) in [5.41, 5.74) is -1.09. The maximum atomic E-state index is 14.6. The maximum Gasteiger partial charge on any atom is 0.331 e. The van der Waals surface area contributed by atoms with E-state index in [1.165, 1.54) is 69.5 Å². The molecular formula is C48H56O26. The molecule has 26 nitrogen and oxygen atoms in total. The van der Waals surface area contributed by atoms with Gasteiger partial charge in [-0.25, -0.2) is 4.79 Å². The number of phenols is 4. The molecule has 0 bridgehead atoms. The smallest absolute Gasteiger partial charge is 0.331 e. The van der Waals surface area contributed by atoms with Crippen molar-refractivity contribution < 1.29 is 123 Å². The molecule has 4 aliphatic rings. The fraction of sp³-hybridized carbons (Fsp3) is 0.500. The SMILES string of the molecule is COc1cc(/C=C/C(=O)O[C@H]2[C@@H](O)[C@@H](CO[C@@H]3O[C@@H](C)[C@H](O)[C@@H](O[C@@H]4OC[C@@H](O)[C@H](O)[C@H]4O)[C@H]3O)O[C@@H](Oc3c(-c4ccc(O)cc4)oc4cc(O)cc(O)c4c3=O)[C@@H]2O[C@@H]2O[C@@H](C)[C@H](O)[C@@H](O)[C@H]2O)ccc1O. The topological polar surface area (TPSA) is 403 Å². The van der Waals surface area contributed by atoms with Crippen LogP contribution in [0.2, 0.25) is 0 Å². The summed E-state index contributed by atoms with van der Waals surface area (Å²) < 4.78 is 64.2. The first-order valence-electron chi connectivity index (χ1n) is 23.0. The predicted octanol–water partition coefficient (Wildman–Crippen LogP) is -2.10. The van der Waals surface area contributed by atoms with Crippen molar-refractivity contribution in [2.45, 2.75) is 131 Å². The average molecular weight is 1050 g/mol. The van der Waals surface area contributed by atoms with E-state index in [1.807, 2.05) is 0 Å². The molecule has 1 aromatic heterocycles. The van der Waals surface area contributed by atoms with Gasteiger partial charge in [0.25, 0.3) is 0 Å². The maximum absolute atomic E-state index is 14.6. The monoisotopic (exact) mass is 1050 g/mol. The van der Waals surface area contributed by atoms with Gasteiger partial charge in [-0.1, -0.05) is 6.07 Å². The fourth-order valence-electron chi connectivity index (χ4n) is 8.65. The van der Waals surface area contributed by atoms with E-state index in [-0.39, 0.29) is 28.4 Å². The molecule has 74 heavy (non-hydrogen) atoms. The quantitative estimate of drug-likeness (QED) is 0.0475. The fourth-order valence-corrected chi connectivity index (χ4v) is 8.65. The van der Waals surface area contributed by atoms with Crippen LogP contribution in [0, 0.1) is 0 Å². The molecule has 404 valence electrons. The molecule has 4 saturated heterocycles. The van der Waals surface area contributed by atoms with Crippen LogP contribution in [0.25, 0.3) is 28.4 Å². The number of esters is 1. The lowest BCUT2D eigenvalue weighted by Crippen LogP contribution is -2.66. The molecule has 13 N–H and O–H groups in total. The number of carbonyl (C=O) groups is 1. The molecule has 0 saturated carbocycles. The lowest BCUT2D eigenvalue weighted by atomic mass is 9.97. The number of ether oxygens (including phenoxy) is 10. The number of rotatable bonds is 14. The molecule has 0 unspecified atom stereocenters. The van der Waals surface area contributed by atoms with Crippen LogP contribution in [0.15, 0.2) is 69.9 Å². The van der Waals surface area contributed by atoms with Crippen molar-refractivity contribution in [3.05, 3.63) is 76.5 Å². The van der Waals surface area contributed by atoms with Crippen molar-refractivity contribution in [2.24, 2.45) is 0 Å². The van der Waals surface area contributed by atoms with Crippen molar-refractivity contribution >= 4 is 23.0 Å². The van der Waals surface area contributed by atoms with Crippen LogP contribution in [0.4, 0.5) is 0 Å². The van der Waals surface area contributed by atoms with Gasteiger partial charge in [0.05, 0.1) is 32.5 Å². The van der Waals surface area contributed by atoms with Crippen molar-refractivity contribution in [1.82, 2.24) is 0 Å². The van der Waals surface area contributed by atoms with Crippen LogP contribution in [-0.4, -0.2) is 209 Å². The van der Waals surface area contributed by atoms with Crippen LogP contribution in [0.3, 0.4) is 0 Å². The molecule has 3 aromatic carbocycles. The summed E-state index contributed by atoms with van der Waals surface area (Å²) in [4.78, 5) is 28.5. The van der Waals surface area contributed by atoms with Gasteiger partial charge in [0, 0.05) is 23.8 Å². The van der Waals surface area contributed by atoms with Gasteiger partial charge in [0.15, 0.2) is 48.3 Å². The number of carbonyl (C=O) groups excluding carboxylic acids is 1. The van der Waals surface area contributed by atoms with Crippen molar-refractivity contribution in [3.8, 4) is 45.8 Å². The van der Waals surface area contributed by atoms with Crippen LogP contribution in [-0.2, 0) is 42.7 Å². The van der Waals surface area contributed by atoms with Gasteiger partial charge in [-0.2, -0.15) is 0 Å². The Bertz CT molecular complexity index is 2680. The lowest BCUT2D eigenvalue weighted by molar-refractivity contribution is -0.365. The van der Waals surface area contributed by atoms with E-state index in [1.54, 1.807) is 0 Å². The third-order valence-corrected chi connectivity index (χ3v) is 12.8. The zero-order chi connectivity index (χ0) is 53.4. The van der Waals surface area contributed by atoms with E-state index in [9.17, 15) is 76.0 Å². The summed E-state index contributed by atoms with van der Waals surface area (Å²) >= 11 is 0. The average Bonchev–Trinajstić information content (AvgIpc) is 3.36. The number of hydrogen-bond acceptors (Lipinski definition) is 26. The highest BCUT2D eigenvalue weighted by atomic mass is 16.8. The highest BCUT2D eigenvalue weighted by Gasteiger charge is 2.55. The van der Waals surface area contributed by atoms with E-state index in [4.69, 9.17) is 51.8 Å². The molecule has 19 atom stereocenters. The molecular weight excluding hydrogens is 993 g/mol. The van der Waals surface area contributed by atoms with E-state index >= 15 is 0 Å². The summed E-state index contributed by atoms with van der Waals surface area (Å²) in [5, 5.41) is 139. The van der Waals surface area contributed by atoms with Gasteiger partial charge in [0.2, 0.25) is 17.5 Å². The summed E-state index contributed by atoms with van der Waals surface area (Å²) in [5.74, 6) is -4.03. The highest BCUT2D eigenvalue weighted by Crippen LogP contribution is 2.40. The van der Waals surface area contributed by atoms with Crippen molar-refractivity contribution in [2.75, 3.05) is 20.3 Å². The van der Waals surface area contributed by atoms with Crippen molar-refractivity contribution in [1.29, 1.82) is 0 Å². The third-order valence-electron chi connectivity index (χ3n) is 12.8. The van der Waals surface area contributed by atoms with Crippen LogP contribution >= 0.6 is 0 Å². The van der Waals surface area contributed by atoms with Gasteiger partial charge >= 0.3 is 5.97 Å². The van der Waals surface area contributed by atoms with E-state index in [0.29, 0.717) is 5.56 Å². The Labute approximate surface area is 418 Å². The predicted molar refractivity (Wildman–Crippen MR) is 244 cm³/mol. The number of benzene rings is 3. The normalized spacial score (nSPS) is 35.6. The minimum Gasteiger partial charge on any atom is -0.508 e. The second kappa shape index (κ2) is 22.6. The minimum absolute atomic E-state index is 0.0478. The number of aliphatic hydroxyl groups is 9.